The molecule has 0 aliphatic heterocycles. The average molecular weight is 1030 g/mol. The highest BCUT2D eigenvalue weighted by atomic mass is 31.2. The van der Waals surface area contributed by atoms with Crippen molar-refractivity contribution in [1.29, 1.82) is 0 Å². The lowest BCUT2D eigenvalue weighted by Gasteiger charge is -2.29. The van der Waals surface area contributed by atoms with Crippen molar-refractivity contribution in [1.82, 2.24) is 5.32 Å². The number of likely N-dealkylation sites (N-methyl/N-ethyl adjacent to an activating group) is 1. The van der Waals surface area contributed by atoms with Crippen molar-refractivity contribution in [3.05, 3.63) is 60.8 Å². The summed E-state index contributed by atoms with van der Waals surface area (Å²) in [6.07, 6.45) is 73.1. The maximum Gasteiger partial charge on any atom is 0.268 e. The molecule has 0 radical (unpaired) electrons. The van der Waals surface area contributed by atoms with Crippen molar-refractivity contribution in [3.8, 4) is 0 Å². The average Bonchev–Trinajstić information content (AvgIpc) is 3.34. The molecule has 0 aromatic heterocycles. The number of aliphatic hydroxyl groups is 1. The highest BCUT2D eigenvalue weighted by Crippen LogP contribution is 2.38. The van der Waals surface area contributed by atoms with Crippen LogP contribution in [0.5, 0.6) is 0 Å². The Labute approximate surface area is 447 Å². The Morgan fingerprint density at radius 1 is 0.486 bits per heavy atom. The van der Waals surface area contributed by atoms with Crippen LogP contribution in [0.3, 0.4) is 0 Å². The van der Waals surface area contributed by atoms with Crippen LogP contribution in [-0.4, -0.2) is 68.5 Å². The molecule has 0 saturated heterocycles. The molecule has 0 heterocycles. The van der Waals surface area contributed by atoms with Gasteiger partial charge in [-0.3, -0.25) is 9.36 Å². The summed E-state index contributed by atoms with van der Waals surface area (Å²) in [5, 5.41) is 13.9. The van der Waals surface area contributed by atoms with Crippen molar-refractivity contribution in [2.24, 2.45) is 0 Å². The van der Waals surface area contributed by atoms with Gasteiger partial charge in [-0.25, -0.2) is 0 Å². The predicted molar refractivity (Wildman–Crippen MR) is 311 cm³/mol. The van der Waals surface area contributed by atoms with Crippen LogP contribution in [-0.2, 0) is 18.4 Å². The molecule has 3 unspecified atom stereocenters. The van der Waals surface area contributed by atoms with Crippen molar-refractivity contribution in [2.45, 2.75) is 296 Å². The molecule has 2 N–H and O–H groups in total. The third-order valence-corrected chi connectivity index (χ3v) is 14.7. The van der Waals surface area contributed by atoms with Crippen molar-refractivity contribution < 1.29 is 32.9 Å². The first-order chi connectivity index (χ1) is 35.0. The van der Waals surface area contributed by atoms with Gasteiger partial charge in [0.05, 0.1) is 39.9 Å². The van der Waals surface area contributed by atoms with Crippen LogP contribution in [0.4, 0.5) is 0 Å². The van der Waals surface area contributed by atoms with Crippen LogP contribution in [0, 0.1) is 0 Å². The number of allylic oxidation sites excluding steroid dienone is 9. The third-order valence-electron chi connectivity index (χ3n) is 13.7. The first-order valence-corrected chi connectivity index (χ1v) is 32.1. The fourth-order valence-corrected chi connectivity index (χ4v) is 9.61. The van der Waals surface area contributed by atoms with Gasteiger partial charge in [-0.1, -0.05) is 267 Å². The van der Waals surface area contributed by atoms with E-state index in [0.29, 0.717) is 17.4 Å². The second-order valence-electron chi connectivity index (χ2n) is 22.0. The Hall–Kier alpha value is -1.80. The quantitative estimate of drug-likeness (QED) is 0.0272. The molecular formula is C63H119N2O6P. The Kier molecular flexibility index (Phi) is 52.7. The SMILES string of the molecule is CCCCCCC/C=C\C/C=C\C/C=C\CCCCCCCCCCCCCCCCCCC(=O)NC(COP(=O)([O-])OCC[N+](C)(C)C)C(O)/C=C/CC/C=C/CCCCCCCCCCCCCCC. The maximum atomic E-state index is 13.0. The number of amides is 1. The van der Waals surface area contributed by atoms with Gasteiger partial charge >= 0.3 is 0 Å². The van der Waals surface area contributed by atoms with E-state index in [1.54, 1.807) is 6.08 Å². The minimum absolute atomic E-state index is 0.00693. The van der Waals surface area contributed by atoms with Crippen molar-refractivity contribution >= 4 is 13.7 Å². The molecule has 422 valence electrons. The van der Waals surface area contributed by atoms with Crippen LogP contribution in [0.25, 0.3) is 0 Å². The first kappa shape index (κ1) is 70.2. The van der Waals surface area contributed by atoms with Gasteiger partial charge in [0.25, 0.3) is 7.82 Å². The number of unbranched alkanes of at least 4 members (excludes halogenated alkanes) is 35. The van der Waals surface area contributed by atoms with E-state index in [1.807, 2.05) is 27.2 Å². The zero-order valence-electron chi connectivity index (χ0n) is 48.1. The number of carbonyl (C=O) groups is 1. The van der Waals surface area contributed by atoms with Gasteiger partial charge in [0.15, 0.2) is 0 Å². The van der Waals surface area contributed by atoms with E-state index < -0.39 is 26.6 Å². The largest absolute Gasteiger partial charge is 0.756 e. The molecule has 0 aromatic carbocycles. The summed E-state index contributed by atoms with van der Waals surface area (Å²) < 4.78 is 23.4. The van der Waals surface area contributed by atoms with Crippen LogP contribution in [0.2, 0.25) is 0 Å². The molecule has 72 heavy (non-hydrogen) atoms. The van der Waals surface area contributed by atoms with Crippen LogP contribution in [0.1, 0.15) is 284 Å². The van der Waals surface area contributed by atoms with E-state index in [2.05, 4.69) is 67.8 Å². The van der Waals surface area contributed by atoms with E-state index in [0.717, 1.165) is 51.4 Å². The lowest BCUT2D eigenvalue weighted by molar-refractivity contribution is -0.870. The summed E-state index contributed by atoms with van der Waals surface area (Å²) >= 11 is 0. The van der Waals surface area contributed by atoms with Gasteiger partial charge in [-0.05, 0) is 70.6 Å². The molecule has 0 aliphatic rings. The minimum Gasteiger partial charge on any atom is -0.756 e. The normalized spacial score (nSPS) is 14.3. The van der Waals surface area contributed by atoms with E-state index in [-0.39, 0.29) is 12.5 Å². The summed E-state index contributed by atoms with van der Waals surface area (Å²) in [6.45, 7) is 4.64. The molecule has 3 atom stereocenters. The minimum atomic E-state index is -4.61. The number of aliphatic hydroxyl groups excluding tert-OH is 1. The predicted octanol–water partition coefficient (Wildman–Crippen LogP) is 18.2. The fourth-order valence-electron chi connectivity index (χ4n) is 8.88. The van der Waals surface area contributed by atoms with Gasteiger partial charge < -0.3 is 28.8 Å². The van der Waals surface area contributed by atoms with E-state index in [4.69, 9.17) is 9.05 Å². The van der Waals surface area contributed by atoms with Crippen LogP contribution < -0.4 is 10.2 Å². The Balaban J connectivity index is 4.14. The molecule has 0 fully saturated rings. The van der Waals surface area contributed by atoms with Crippen LogP contribution >= 0.6 is 7.82 Å². The smallest absolute Gasteiger partial charge is 0.268 e. The monoisotopic (exact) mass is 1030 g/mol. The van der Waals surface area contributed by atoms with E-state index in [9.17, 15) is 19.4 Å². The molecule has 0 spiro atoms. The summed E-state index contributed by atoms with van der Waals surface area (Å²) in [7, 11) is 1.25. The number of carbonyl (C=O) groups excluding carboxylic acids is 1. The second-order valence-corrected chi connectivity index (χ2v) is 23.5. The van der Waals surface area contributed by atoms with Gasteiger partial charge in [-0.2, -0.15) is 0 Å². The number of hydrogen-bond acceptors (Lipinski definition) is 6. The lowest BCUT2D eigenvalue weighted by atomic mass is 10.0. The highest BCUT2D eigenvalue weighted by Gasteiger charge is 2.23. The molecule has 0 rings (SSSR count). The lowest BCUT2D eigenvalue weighted by Crippen LogP contribution is -2.45. The number of phosphoric ester groups is 1. The summed E-state index contributed by atoms with van der Waals surface area (Å²) in [5.41, 5.74) is 0. The molecule has 1 amide bonds. The number of quaternary nitrogens is 1. The number of hydrogen-bond donors (Lipinski definition) is 2. The molecule has 8 nitrogen and oxygen atoms in total. The van der Waals surface area contributed by atoms with Crippen molar-refractivity contribution in [3.63, 3.8) is 0 Å². The molecule has 0 saturated carbocycles. The summed E-state index contributed by atoms with van der Waals surface area (Å²) in [4.78, 5) is 25.5. The molecular weight excluding hydrogens is 912 g/mol. The van der Waals surface area contributed by atoms with E-state index in [1.165, 1.54) is 212 Å². The number of nitrogens with zero attached hydrogens (tertiary/aromatic N) is 1. The number of phosphoric acid groups is 1. The van der Waals surface area contributed by atoms with E-state index >= 15 is 0 Å². The standard InChI is InChI=1S/C63H119N2O6P/c1-6-8-10-12-14-16-18-20-22-24-26-27-28-29-30-31-32-33-34-35-36-37-39-41-43-45-47-49-51-53-55-57-63(67)64-61(60-71-72(68,69)70-59-58-65(3,4)5)62(66)56-54-52-50-48-46-44-42-40-38-25-23-21-19-17-15-13-11-9-7-2/h18,20,24,26,28-29,46,48,54,56,61-62,66H,6-17,19,21-23,25,27,30-45,47,49-53,55,57-60H2,1-5H3,(H-,64,67,68,69)/b20-18-,26-24-,29-28-,48-46+,56-54+. The van der Waals surface area contributed by atoms with Gasteiger partial charge in [0.2, 0.25) is 5.91 Å². The maximum absolute atomic E-state index is 13.0. The first-order valence-electron chi connectivity index (χ1n) is 30.7. The Morgan fingerprint density at radius 2 is 0.819 bits per heavy atom. The summed E-state index contributed by atoms with van der Waals surface area (Å²) in [5.74, 6) is -0.205. The molecule has 0 aliphatic carbocycles. The highest BCUT2D eigenvalue weighted by molar-refractivity contribution is 7.45. The van der Waals surface area contributed by atoms with Crippen molar-refractivity contribution in [2.75, 3.05) is 40.9 Å². The van der Waals surface area contributed by atoms with Gasteiger partial charge in [-0.15, -0.1) is 0 Å². The Bertz CT molecular complexity index is 1360. The Morgan fingerprint density at radius 3 is 1.22 bits per heavy atom. The molecule has 0 aromatic rings. The van der Waals surface area contributed by atoms with Gasteiger partial charge in [0.1, 0.15) is 13.2 Å². The third kappa shape index (κ3) is 55.9. The molecule has 0 bridgehead atoms. The number of rotatable bonds is 56. The zero-order valence-corrected chi connectivity index (χ0v) is 49.0. The fraction of sp³-hybridized carbons (Fsp3) is 0.825. The number of nitrogens with one attached hydrogen (secondary N) is 1. The zero-order chi connectivity index (χ0) is 52.7. The molecule has 9 heteroatoms. The van der Waals surface area contributed by atoms with Crippen LogP contribution in [0.15, 0.2) is 60.8 Å². The van der Waals surface area contributed by atoms with Gasteiger partial charge in [0, 0.05) is 6.42 Å². The summed E-state index contributed by atoms with van der Waals surface area (Å²) in [6, 6.07) is -0.905. The second kappa shape index (κ2) is 54.0. The topological polar surface area (TPSA) is 108 Å².